The van der Waals surface area contributed by atoms with Crippen molar-refractivity contribution in [1.82, 2.24) is 20.3 Å². The van der Waals surface area contributed by atoms with Crippen LogP contribution in [0.4, 0.5) is 11.5 Å². The van der Waals surface area contributed by atoms with E-state index in [-0.39, 0.29) is 12.5 Å². The van der Waals surface area contributed by atoms with Crippen molar-refractivity contribution in [2.75, 3.05) is 25.6 Å². The molecule has 0 aliphatic heterocycles. The van der Waals surface area contributed by atoms with Gasteiger partial charge in [0.1, 0.15) is 30.3 Å². The van der Waals surface area contributed by atoms with Crippen molar-refractivity contribution in [2.24, 2.45) is 0 Å². The summed E-state index contributed by atoms with van der Waals surface area (Å²) in [7, 11) is 1.48. The summed E-state index contributed by atoms with van der Waals surface area (Å²) in [5.74, 6) is 1.69. The molecule has 9 heteroatoms. The van der Waals surface area contributed by atoms with E-state index in [1.54, 1.807) is 18.5 Å². The van der Waals surface area contributed by atoms with Crippen LogP contribution in [0.1, 0.15) is 5.56 Å². The third-order valence-electron chi connectivity index (χ3n) is 5.72. The average molecular weight is 526 g/mol. The number of nitrogens with one attached hydrogen (secondary N) is 2. The van der Waals surface area contributed by atoms with Gasteiger partial charge in [-0.3, -0.25) is 9.78 Å². The van der Waals surface area contributed by atoms with Crippen LogP contribution in [0.15, 0.2) is 85.5 Å². The SMILES string of the molecule is COCC(=O)NC/C=C/c1ccc2ncnc(Nc3ccc(Oc4cccc5ccncc45)c(Cl)c3)c2c1. The predicted molar refractivity (Wildman–Crippen MR) is 150 cm³/mol. The number of rotatable bonds is 9. The molecule has 8 nitrogen and oxygen atoms in total. The van der Waals surface area contributed by atoms with Crippen molar-refractivity contribution in [3.8, 4) is 11.5 Å². The summed E-state index contributed by atoms with van der Waals surface area (Å²) in [4.78, 5) is 24.5. The molecular formula is C29H24ClN5O3. The van der Waals surface area contributed by atoms with Crippen LogP contribution in [0.25, 0.3) is 27.8 Å². The zero-order valence-corrected chi connectivity index (χ0v) is 21.3. The maximum absolute atomic E-state index is 11.5. The molecule has 2 aromatic heterocycles. The van der Waals surface area contributed by atoms with Gasteiger partial charge in [-0.25, -0.2) is 9.97 Å². The van der Waals surface area contributed by atoms with Crippen molar-refractivity contribution in [1.29, 1.82) is 0 Å². The maximum atomic E-state index is 11.5. The Morgan fingerprint density at radius 1 is 1.03 bits per heavy atom. The minimum atomic E-state index is -0.167. The predicted octanol–water partition coefficient (Wildman–Crippen LogP) is 6.14. The van der Waals surface area contributed by atoms with E-state index in [0.29, 0.717) is 28.9 Å². The summed E-state index contributed by atoms with van der Waals surface area (Å²) >= 11 is 6.59. The number of carbonyl (C=O) groups is 1. The summed E-state index contributed by atoms with van der Waals surface area (Å²) in [6.45, 7) is 0.437. The van der Waals surface area contributed by atoms with Crippen molar-refractivity contribution in [3.05, 3.63) is 96.0 Å². The Morgan fingerprint density at radius 3 is 2.82 bits per heavy atom. The number of aromatic nitrogens is 3. The lowest BCUT2D eigenvalue weighted by atomic mass is 10.1. The highest BCUT2D eigenvalue weighted by Crippen LogP contribution is 2.36. The molecule has 0 radical (unpaired) electrons. The monoisotopic (exact) mass is 525 g/mol. The summed E-state index contributed by atoms with van der Waals surface area (Å²) < 4.78 is 10.9. The van der Waals surface area contributed by atoms with E-state index >= 15 is 0 Å². The Kier molecular flexibility index (Phi) is 7.73. The lowest BCUT2D eigenvalue weighted by Gasteiger charge is -2.13. The van der Waals surface area contributed by atoms with Gasteiger partial charge in [-0.15, -0.1) is 0 Å². The molecule has 2 N–H and O–H groups in total. The molecule has 3 aromatic carbocycles. The number of hydrogen-bond acceptors (Lipinski definition) is 7. The molecule has 2 heterocycles. The molecule has 190 valence electrons. The topological polar surface area (TPSA) is 98.3 Å². The Morgan fingerprint density at radius 2 is 1.95 bits per heavy atom. The van der Waals surface area contributed by atoms with E-state index in [9.17, 15) is 4.79 Å². The Bertz CT molecular complexity index is 1630. The van der Waals surface area contributed by atoms with E-state index in [1.165, 1.54) is 13.4 Å². The van der Waals surface area contributed by atoms with Crippen LogP contribution in [-0.2, 0) is 9.53 Å². The number of carbonyl (C=O) groups excluding carboxylic acids is 1. The number of anilines is 2. The average Bonchev–Trinajstić information content (AvgIpc) is 2.93. The molecule has 5 rings (SSSR count). The first-order chi connectivity index (χ1) is 18.6. The number of hydrogen-bond donors (Lipinski definition) is 2. The Labute approximate surface area is 224 Å². The highest BCUT2D eigenvalue weighted by molar-refractivity contribution is 6.32. The molecule has 0 spiro atoms. The summed E-state index contributed by atoms with van der Waals surface area (Å²) in [5, 5.41) is 9.33. The fourth-order valence-electron chi connectivity index (χ4n) is 3.92. The molecule has 0 aliphatic carbocycles. The van der Waals surface area contributed by atoms with Gasteiger partial charge in [0.2, 0.25) is 5.91 Å². The van der Waals surface area contributed by atoms with Crippen LogP contribution in [0, 0.1) is 0 Å². The van der Waals surface area contributed by atoms with E-state index in [2.05, 4.69) is 25.6 Å². The minimum Gasteiger partial charge on any atom is -0.455 e. The number of ether oxygens (including phenoxy) is 2. The normalized spacial score (nSPS) is 11.2. The minimum absolute atomic E-state index is 0.0357. The van der Waals surface area contributed by atoms with Crippen molar-refractivity contribution >= 4 is 56.8 Å². The number of halogens is 1. The highest BCUT2D eigenvalue weighted by Gasteiger charge is 2.10. The lowest BCUT2D eigenvalue weighted by Crippen LogP contribution is -2.26. The summed E-state index contributed by atoms with van der Waals surface area (Å²) in [5.41, 5.74) is 2.50. The first kappa shape index (κ1) is 25.1. The van der Waals surface area contributed by atoms with Crippen LogP contribution in [0.5, 0.6) is 11.5 Å². The van der Waals surface area contributed by atoms with E-state index in [1.807, 2.05) is 66.7 Å². The van der Waals surface area contributed by atoms with E-state index in [0.717, 1.165) is 32.9 Å². The van der Waals surface area contributed by atoms with Gasteiger partial charge in [0.25, 0.3) is 0 Å². The summed E-state index contributed by atoms with van der Waals surface area (Å²) in [6, 6.07) is 19.1. The highest BCUT2D eigenvalue weighted by atomic mass is 35.5. The van der Waals surface area contributed by atoms with Crippen molar-refractivity contribution in [3.63, 3.8) is 0 Å². The van der Waals surface area contributed by atoms with Gasteiger partial charge >= 0.3 is 0 Å². The smallest absolute Gasteiger partial charge is 0.246 e. The van der Waals surface area contributed by atoms with Crippen LogP contribution in [0.3, 0.4) is 0 Å². The third kappa shape index (κ3) is 5.88. The molecule has 1 amide bonds. The number of fused-ring (bicyclic) bond motifs is 2. The molecule has 0 unspecified atom stereocenters. The quantitative estimate of drug-likeness (QED) is 0.238. The Hall–Kier alpha value is -4.53. The van der Waals surface area contributed by atoms with Gasteiger partial charge in [-0.1, -0.05) is 42.0 Å². The van der Waals surface area contributed by atoms with Crippen molar-refractivity contribution < 1.29 is 14.3 Å². The summed E-state index contributed by atoms with van der Waals surface area (Å²) in [6.07, 6.45) is 8.83. The molecule has 5 aromatic rings. The first-order valence-electron chi connectivity index (χ1n) is 11.8. The van der Waals surface area contributed by atoms with Crippen molar-refractivity contribution in [2.45, 2.75) is 0 Å². The third-order valence-corrected chi connectivity index (χ3v) is 6.02. The van der Waals surface area contributed by atoms with Crippen LogP contribution >= 0.6 is 11.6 Å². The van der Waals surface area contributed by atoms with Crippen LogP contribution < -0.4 is 15.4 Å². The second-order valence-electron chi connectivity index (χ2n) is 8.36. The van der Waals surface area contributed by atoms with Gasteiger partial charge < -0.3 is 20.1 Å². The molecule has 0 aliphatic rings. The zero-order valence-electron chi connectivity index (χ0n) is 20.5. The van der Waals surface area contributed by atoms with E-state index < -0.39 is 0 Å². The lowest BCUT2D eigenvalue weighted by molar-refractivity contribution is -0.124. The molecular weight excluding hydrogens is 502 g/mol. The van der Waals surface area contributed by atoms with Gasteiger partial charge in [-0.05, 0) is 53.4 Å². The number of pyridine rings is 1. The zero-order chi connectivity index (χ0) is 26.3. The second-order valence-corrected chi connectivity index (χ2v) is 8.77. The largest absolute Gasteiger partial charge is 0.455 e. The number of benzene rings is 3. The van der Waals surface area contributed by atoms with Gasteiger partial charge in [0.15, 0.2) is 0 Å². The standard InChI is InChI=1S/C29H24ClN5O3/c1-37-17-28(36)32-12-3-4-19-7-9-25-22(14-19)29(34-18-33-25)35-21-8-10-27(24(30)15-21)38-26-6-2-5-20-11-13-31-16-23(20)26/h2-11,13-16,18H,12,17H2,1H3,(H,32,36)(H,33,34,35)/b4-3+. The van der Waals surface area contributed by atoms with E-state index in [4.69, 9.17) is 21.1 Å². The molecule has 0 bridgehead atoms. The maximum Gasteiger partial charge on any atom is 0.246 e. The molecule has 38 heavy (non-hydrogen) atoms. The van der Waals surface area contributed by atoms with Crippen LogP contribution in [0.2, 0.25) is 5.02 Å². The number of amides is 1. The number of nitrogens with zero attached hydrogens (tertiary/aromatic N) is 3. The van der Waals surface area contributed by atoms with Gasteiger partial charge in [-0.2, -0.15) is 0 Å². The molecule has 0 atom stereocenters. The first-order valence-corrected chi connectivity index (χ1v) is 12.2. The fraction of sp³-hybridized carbons (Fsp3) is 0.103. The fourth-order valence-corrected chi connectivity index (χ4v) is 4.14. The molecule has 0 saturated heterocycles. The molecule has 0 saturated carbocycles. The van der Waals surface area contributed by atoms with Gasteiger partial charge in [0.05, 0.1) is 10.5 Å². The second kappa shape index (κ2) is 11.7. The Balaban J connectivity index is 1.33. The number of methoxy groups -OCH3 is 1. The van der Waals surface area contributed by atoms with Crippen LogP contribution in [-0.4, -0.2) is 41.1 Å². The van der Waals surface area contributed by atoms with Gasteiger partial charge in [0, 0.05) is 42.5 Å². The molecule has 0 fully saturated rings.